The van der Waals surface area contributed by atoms with Gasteiger partial charge < -0.3 is 5.32 Å². The van der Waals surface area contributed by atoms with Crippen LogP contribution in [0.25, 0.3) is 0 Å². The van der Waals surface area contributed by atoms with Gasteiger partial charge in [-0.25, -0.2) is 0 Å². The number of amides is 1. The van der Waals surface area contributed by atoms with Gasteiger partial charge in [-0.3, -0.25) is 15.4 Å². The van der Waals surface area contributed by atoms with Gasteiger partial charge in [0.15, 0.2) is 5.11 Å². The lowest BCUT2D eigenvalue weighted by Crippen LogP contribution is -2.35. The summed E-state index contributed by atoms with van der Waals surface area (Å²) >= 11 is 4.79. The van der Waals surface area contributed by atoms with Crippen LogP contribution in [0.1, 0.15) is 0 Å². The SMILES string of the molecule is O=C1NC(=S)NC1[N]c1ccccc1. The molecular formula is C9H8N3OS. The molecule has 14 heavy (non-hydrogen) atoms. The van der Waals surface area contributed by atoms with E-state index in [4.69, 9.17) is 12.2 Å². The fourth-order valence-corrected chi connectivity index (χ4v) is 1.37. The first-order valence-corrected chi connectivity index (χ1v) is 4.54. The van der Waals surface area contributed by atoms with E-state index < -0.39 is 6.17 Å². The lowest BCUT2D eigenvalue weighted by molar-refractivity contribution is -0.120. The second-order valence-electron chi connectivity index (χ2n) is 2.83. The maximum Gasteiger partial charge on any atom is 0.271 e. The number of para-hydroxylation sites is 1. The van der Waals surface area contributed by atoms with Crippen LogP contribution in [0, 0.1) is 0 Å². The van der Waals surface area contributed by atoms with E-state index in [2.05, 4.69) is 16.0 Å². The second kappa shape index (κ2) is 3.63. The number of carbonyl (C=O) groups is 1. The Hall–Kier alpha value is -1.62. The summed E-state index contributed by atoms with van der Waals surface area (Å²) in [5, 5.41) is 9.74. The van der Waals surface area contributed by atoms with Crippen molar-refractivity contribution in [3.8, 4) is 0 Å². The van der Waals surface area contributed by atoms with Crippen LogP contribution in [0.4, 0.5) is 5.69 Å². The van der Waals surface area contributed by atoms with E-state index in [1.807, 2.05) is 30.3 Å². The molecule has 2 rings (SSSR count). The molecule has 2 N–H and O–H groups in total. The molecule has 1 fully saturated rings. The minimum absolute atomic E-state index is 0.209. The molecule has 1 amide bonds. The lowest BCUT2D eigenvalue weighted by Gasteiger charge is -2.07. The van der Waals surface area contributed by atoms with Crippen LogP contribution in [0.3, 0.4) is 0 Å². The third-order valence-electron chi connectivity index (χ3n) is 1.79. The van der Waals surface area contributed by atoms with Crippen molar-refractivity contribution in [1.82, 2.24) is 16.0 Å². The second-order valence-corrected chi connectivity index (χ2v) is 3.24. The van der Waals surface area contributed by atoms with Crippen LogP contribution < -0.4 is 16.0 Å². The van der Waals surface area contributed by atoms with E-state index in [0.717, 1.165) is 5.69 Å². The van der Waals surface area contributed by atoms with Gasteiger partial charge in [-0.05, 0) is 24.4 Å². The normalized spacial score (nSPS) is 20.1. The molecule has 1 unspecified atom stereocenters. The molecule has 0 aromatic heterocycles. The van der Waals surface area contributed by atoms with Crippen molar-refractivity contribution >= 4 is 28.9 Å². The molecule has 1 heterocycles. The molecule has 4 nitrogen and oxygen atoms in total. The minimum atomic E-state index is -0.593. The van der Waals surface area contributed by atoms with Gasteiger partial charge in [0.05, 0.1) is 5.69 Å². The third-order valence-corrected chi connectivity index (χ3v) is 2.01. The molecule has 1 aliphatic heterocycles. The molecule has 1 aromatic carbocycles. The number of hydrogen-bond donors (Lipinski definition) is 2. The minimum Gasteiger partial charge on any atom is -0.333 e. The molecule has 1 aromatic rings. The molecule has 1 aliphatic rings. The number of rotatable bonds is 2. The Balaban J connectivity index is 2.05. The quantitative estimate of drug-likeness (QED) is 0.682. The van der Waals surface area contributed by atoms with Gasteiger partial charge in [-0.15, -0.1) is 0 Å². The highest BCUT2D eigenvalue weighted by molar-refractivity contribution is 7.80. The van der Waals surface area contributed by atoms with Crippen molar-refractivity contribution in [1.29, 1.82) is 0 Å². The van der Waals surface area contributed by atoms with E-state index in [1.165, 1.54) is 0 Å². The largest absolute Gasteiger partial charge is 0.333 e. The Morgan fingerprint density at radius 1 is 1.29 bits per heavy atom. The summed E-state index contributed by atoms with van der Waals surface area (Å²) in [5.41, 5.74) is 0.754. The Kier molecular flexibility index (Phi) is 2.32. The molecule has 1 radical (unpaired) electrons. The van der Waals surface area contributed by atoms with Crippen molar-refractivity contribution in [2.75, 3.05) is 0 Å². The van der Waals surface area contributed by atoms with E-state index in [-0.39, 0.29) is 5.91 Å². The lowest BCUT2D eigenvalue weighted by atomic mass is 10.3. The monoisotopic (exact) mass is 206 g/mol. The van der Waals surface area contributed by atoms with Crippen LogP contribution in [-0.2, 0) is 4.79 Å². The van der Waals surface area contributed by atoms with Gasteiger partial charge in [0.25, 0.3) is 5.91 Å². The van der Waals surface area contributed by atoms with E-state index >= 15 is 0 Å². The summed E-state index contributed by atoms with van der Waals surface area (Å²) in [6.45, 7) is 0. The fraction of sp³-hybridized carbons (Fsp3) is 0.111. The summed E-state index contributed by atoms with van der Waals surface area (Å²) in [6.07, 6.45) is -0.593. The molecule has 71 valence electrons. The highest BCUT2D eigenvalue weighted by Gasteiger charge is 2.27. The molecule has 1 atom stereocenters. The van der Waals surface area contributed by atoms with Crippen LogP contribution in [0.5, 0.6) is 0 Å². The number of thiocarbonyl (C=S) groups is 1. The van der Waals surface area contributed by atoms with Gasteiger partial charge in [0, 0.05) is 0 Å². The van der Waals surface area contributed by atoms with Gasteiger partial charge in [-0.1, -0.05) is 18.2 Å². The Morgan fingerprint density at radius 2 is 2.00 bits per heavy atom. The molecule has 0 aliphatic carbocycles. The van der Waals surface area contributed by atoms with Crippen LogP contribution in [0.2, 0.25) is 0 Å². The van der Waals surface area contributed by atoms with Crippen molar-refractivity contribution in [2.45, 2.75) is 6.17 Å². The first kappa shape index (κ1) is 8.96. The van der Waals surface area contributed by atoms with Crippen LogP contribution in [-0.4, -0.2) is 17.2 Å². The number of hydrogen-bond acceptors (Lipinski definition) is 2. The number of carbonyl (C=O) groups excluding carboxylic acids is 1. The van der Waals surface area contributed by atoms with E-state index in [9.17, 15) is 4.79 Å². The highest BCUT2D eigenvalue weighted by Crippen LogP contribution is 2.07. The summed E-state index contributed by atoms with van der Waals surface area (Å²) in [6, 6.07) is 9.28. The van der Waals surface area contributed by atoms with Gasteiger partial charge in [0.1, 0.15) is 0 Å². The van der Waals surface area contributed by atoms with Crippen molar-refractivity contribution in [3.05, 3.63) is 30.3 Å². The Morgan fingerprint density at radius 3 is 2.57 bits per heavy atom. The zero-order valence-corrected chi connectivity index (χ0v) is 8.04. The molecule has 0 spiro atoms. The molecule has 0 bridgehead atoms. The topological polar surface area (TPSA) is 55.2 Å². The van der Waals surface area contributed by atoms with Gasteiger partial charge in [0.2, 0.25) is 6.17 Å². The first-order chi connectivity index (χ1) is 6.75. The van der Waals surface area contributed by atoms with E-state index in [0.29, 0.717) is 5.11 Å². The summed E-state index contributed by atoms with van der Waals surface area (Å²) in [4.78, 5) is 11.2. The average Bonchev–Trinajstić information content (AvgIpc) is 2.47. The van der Waals surface area contributed by atoms with Crippen LogP contribution >= 0.6 is 12.2 Å². The zero-order valence-electron chi connectivity index (χ0n) is 7.23. The van der Waals surface area contributed by atoms with Crippen molar-refractivity contribution in [3.63, 3.8) is 0 Å². The molecule has 1 saturated heterocycles. The van der Waals surface area contributed by atoms with Crippen LogP contribution in [0.15, 0.2) is 30.3 Å². The van der Waals surface area contributed by atoms with Crippen molar-refractivity contribution in [2.24, 2.45) is 0 Å². The smallest absolute Gasteiger partial charge is 0.271 e. The maximum absolute atomic E-state index is 11.2. The summed E-state index contributed by atoms with van der Waals surface area (Å²) in [7, 11) is 0. The molecule has 5 heteroatoms. The number of nitrogens with one attached hydrogen (secondary N) is 2. The van der Waals surface area contributed by atoms with Gasteiger partial charge >= 0.3 is 0 Å². The maximum atomic E-state index is 11.2. The standard InChI is InChI=1S/C9H8N3OS/c13-8-7(11-9(14)12-8)10-6-4-2-1-3-5-6/h1-5,7H,(H2,11,12,13,14). The zero-order chi connectivity index (χ0) is 9.97. The third kappa shape index (κ3) is 1.82. The molecule has 0 saturated carbocycles. The Labute approximate surface area is 86.7 Å². The van der Waals surface area contributed by atoms with Crippen molar-refractivity contribution < 1.29 is 4.79 Å². The average molecular weight is 206 g/mol. The number of benzene rings is 1. The van der Waals surface area contributed by atoms with Gasteiger partial charge in [-0.2, -0.15) is 0 Å². The highest BCUT2D eigenvalue weighted by atomic mass is 32.1. The predicted octanol–water partition coefficient (Wildman–Crippen LogP) is 0.253. The Bertz CT molecular complexity index is 366. The summed E-state index contributed by atoms with van der Waals surface area (Å²) < 4.78 is 0. The predicted molar refractivity (Wildman–Crippen MR) is 55.9 cm³/mol. The number of nitrogens with zero attached hydrogens (tertiary/aromatic N) is 1. The molecular weight excluding hydrogens is 198 g/mol. The fourth-order valence-electron chi connectivity index (χ4n) is 1.16. The first-order valence-electron chi connectivity index (χ1n) is 4.13. The van der Waals surface area contributed by atoms with E-state index in [1.54, 1.807) is 0 Å². The summed E-state index contributed by atoms with van der Waals surface area (Å²) in [5.74, 6) is -0.209.